The highest BCUT2D eigenvalue weighted by Gasteiger charge is 2.25. The van der Waals surface area contributed by atoms with Gasteiger partial charge in [0.05, 0.1) is 5.69 Å². The molecule has 0 saturated carbocycles. The predicted octanol–water partition coefficient (Wildman–Crippen LogP) is 6.17. The van der Waals surface area contributed by atoms with E-state index in [4.69, 9.17) is 4.74 Å². The van der Waals surface area contributed by atoms with Crippen LogP contribution in [-0.2, 0) is 16.1 Å². The largest absolute Gasteiger partial charge is 0.445 e. The molecule has 0 fully saturated rings. The van der Waals surface area contributed by atoms with Gasteiger partial charge in [0.2, 0.25) is 0 Å². The molecule has 0 saturated heterocycles. The van der Waals surface area contributed by atoms with Crippen LogP contribution >= 0.6 is 0 Å². The molecule has 0 heterocycles. The number of anilines is 1. The second-order valence-corrected chi connectivity index (χ2v) is 8.24. The third-order valence-corrected chi connectivity index (χ3v) is 5.69. The summed E-state index contributed by atoms with van der Waals surface area (Å²) in [5, 5.41) is 5.49. The van der Waals surface area contributed by atoms with Gasteiger partial charge in [-0.1, -0.05) is 110 Å². The molecular weight excluding hydrogens is 464 g/mol. The van der Waals surface area contributed by atoms with Crippen LogP contribution in [0.2, 0.25) is 0 Å². The number of alkyl carbamates (subject to hydrolysis) is 1. The molecule has 184 valence electrons. The highest BCUT2D eigenvalue weighted by Crippen LogP contribution is 2.24. The molecule has 0 unspecified atom stereocenters. The Bertz CT molecular complexity index is 1390. The molecule has 0 aliphatic carbocycles. The molecule has 0 bridgehead atoms. The van der Waals surface area contributed by atoms with Gasteiger partial charge in [0.25, 0.3) is 5.91 Å². The third kappa shape index (κ3) is 6.58. The van der Waals surface area contributed by atoms with Crippen molar-refractivity contribution in [3.63, 3.8) is 0 Å². The molecule has 6 heteroatoms. The summed E-state index contributed by atoms with van der Waals surface area (Å²) in [7, 11) is 0. The van der Waals surface area contributed by atoms with Gasteiger partial charge >= 0.3 is 6.09 Å². The maximum Gasteiger partial charge on any atom is 0.408 e. The van der Waals surface area contributed by atoms with E-state index in [1.54, 1.807) is 72.8 Å². The minimum absolute atomic E-state index is 0.0624. The summed E-state index contributed by atoms with van der Waals surface area (Å²) in [6.07, 6.45) is 0.883. The van der Waals surface area contributed by atoms with E-state index in [9.17, 15) is 14.4 Å². The Hall–Kier alpha value is -4.97. The second-order valence-electron chi connectivity index (χ2n) is 8.24. The smallest absolute Gasteiger partial charge is 0.408 e. The van der Waals surface area contributed by atoms with Crippen LogP contribution in [0.1, 0.15) is 38.7 Å². The number of rotatable bonds is 9. The van der Waals surface area contributed by atoms with Gasteiger partial charge in [-0.3, -0.25) is 9.59 Å². The molecule has 0 spiro atoms. The first kappa shape index (κ1) is 25.1. The predicted molar refractivity (Wildman–Crippen MR) is 144 cm³/mol. The Morgan fingerprint density at radius 1 is 0.811 bits per heavy atom. The maximum absolute atomic E-state index is 13.5. The fraction of sp³-hybridized carbons (Fsp3) is 0.0645. The SMILES string of the molecule is C=Cc1ccc(C(=O)c2ccccc2)c(NC(=O)[C@H](NC(=O)OCc2ccccc2)c2ccccc2)c1. The van der Waals surface area contributed by atoms with E-state index in [0.29, 0.717) is 22.4 Å². The van der Waals surface area contributed by atoms with E-state index in [1.165, 1.54) is 0 Å². The van der Waals surface area contributed by atoms with E-state index in [2.05, 4.69) is 17.2 Å². The molecule has 4 rings (SSSR count). The number of hydrogen-bond donors (Lipinski definition) is 2. The molecule has 0 aliphatic rings. The third-order valence-electron chi connectivity index (χ3n) is 5.69. The first-order valence-corrected chi connectivity index (χ1v) is 11.7. The van der Waals surface area contributed by atoms with E-state index in [1.807, 2.05) is 42.5 Å². The Kier molecular flexibility index (Phi) is 8.24. The van der Waals surface area contributed by atoms with Gasteiger partial charge in [0.1, 0.15) is 12.6 Å². The van der Waals surface area contributed by atoms with Crippen LogP contribution in [0.5, 0.6) is 0 Å². The highest BCUT2D eigenvalue weighted by molar-refractivity contribution is 6.14. The summed E-state index contributed by atoms with van der Waals surface area (Å²) in [5.74, 6) is -0.760. The van der Waals surface area contributed by atoms with Gasteiger partial charge in [-0.2, -0.15) is 0 Å². The van der Waals surface area contributed by atoms with Crippen molar-refractivity contribution in [1.29, 1.82) is 0 Å². The van der Waals surface area contributed by atoms with Gasteiger partial charge in [0, 0.05) is 11.1 Å². The molecular formula is C31H26N2O4. The standard InChI is InChI=1S/C31H26N2O4/c1-2-22-18-19-26(29(34)25-16-10-5-11-17-25)27(20-22)32-30(35)28(24-14-8-4-9-15-24)33-31(36)37-21-23-12-6-3-7-13-23/h2-20,28H,1,21H2,(H,32,35)(H,33,36)/t28-/m1/s1. The minimum atomic E-state index is -1.06. The van der Waals surface area contributed by atoms with Crippen LogP contribution < -0.4 is 10.6 Å². The first-order valence-electron chi connectivity index (χ1n) is 11.7. The van der Waals surface area contributed by atoms with Crippen molar-refractivity contribution in [2.24, 2.45) is 0 Å². The summed E-state index contributed by atoms with van der Waals surface area (Å²) in [6.45, 7) is 3.84. The number of ketones is 1. The van der Waals surface area contributed by atoms with Crippen molar-refractivity contribution in [2.45, 2.75) is 12.6 Å². The second kappa shape index (κ2) is 12.1. The molecule has 4 aromatic carbocycles. The number of amides is 2. The zero-order chi connectivity index (χ0) is 26.0. The molecule has 1 atom stereocenters. The van der Waals surface area contributed by atoms with Gasteiger partial charge in [-0.25, -0.2) is 4.79 Å². The van der Waals surface area contributed by atoms with Crippen LogP contribution in [0, 0.1) is 0 Å². The normalized spacial score (nSPS) is 11.1. The molecule has 37 heavy (non-hydrogen) atoms. The molecule has 0 radical (unpaired) electrons. The fourth-order valence-electron chi connectivity index (χ4n) is 3.77. The summed E-state index contributed by atoms with van der Waals surface area (Å²) < 4.78 is 5.34. The monoisotopic (exact) mass is 490 g/mol. The number of benzene rings is 4. The van der Waals surface area contributed by atoms with E-state index >= 15 is 0 Å². The molecule has 6 nitrogen and oxygen atoms in total. The van der Waals surface area contributed by atoms with Crippen molar-refractivity contribution in [3.05, 3.63) is 144 Å². The number of carbonyl (C=O) groups is 3. The Morgan fingerprint density at radius 3 is 2.08 bits per heavy atom. The van der Waals surface area contributed by atoms with Gasteiger partial charge in [-0.05, 0) is 28.8 Å². The van der Waals surface area contributed by atoms with Crippen molar-refractivity contribution < 1.29 is 19.1 Å². The molecule has 4 aromatic rings. The fourth-order valence-corrected chi connectivity index (χ4v) is 3.77. The Morgan fingerprint density at radius 2 is 1.43 bits per heavy atom. The summed E-state index contributed by atoms with van der Waals surface area (Å²) >= 11 is 0. The topological polar surface area (TPSA) is 84.5 Å². The Labute approximate surface area is 215 Å². The van der Waals surface area contributed by atoms with E-state index in [-0.39, 0.29) is 12.4 Å². The van der Waals surface area contributed by atoms with Crippen molar-refractivity contribution in [2.75, 3.05) is 5.32 Å². The average molecular weight is 491 g/mol. The first-order chi connectivity index (χ1) is 18.0. The lowest BCUT2D eigenvalue weighted by atomic mass is 9.99. The highest BCUT2D eigenvalue weighted by atomic mass is 16.5. The van der Waals surface area contributed by atoms with Crippen LogP contribution in [0.15, 0.2) is 116 Å². The van der Waals surface area contributed by atoms with Crippen LogP contribution in [0.4, 0.5) is 10.5 Å². The van der Waals surface area contributed by atoms with Gasteiger partial charge in [0.15, 0.2) is 5.78 Å². The summed E-state index contributed by atoms with van der Waals surface area (Å²) in [6, 6.07) is 30.9. The van der Waals surface area contributed by atoms with Gasteiger partial charge in [-0.15, -0.1) is 0 Å². The lowest BCUT2D eigenvalue weighted by Crippen LogP contribution is -2.37. The van der Waals surface area contributed by atoms with Crippen molar-refractivity contribution >= 4 is 29.5 Å². The van der Waals surface area contributed by atoms with Crippen molar-refractivity contribution in [3.8, 4) is 0 Å². The number of nitrogens with one attached hydrogen (secondary N) is 2. The summed E-state index contributed by atoms with van der Waals surface area (Å²) in [4.78, 5) is 39.4. The van der Waals surface area contributed by atoms with Crippen molar-refractivity contribution in [1.82, 2.24) is 5.32 Å². The molecule has 2 N–H and O–H groups in total. The lowest BCUT2D eigenvalue weighted by molar-refractivity contribution is -0.118. The molecule has 0 aliphatic heterocycles. The number of hydrogen-bond acceptors (Lipinski definition) is 4. The van der Waals surface area contributed by atoms with Gasteiger partial charge < -0.3 is 15.4 Å². The molecule has 2 amide bonds. The summed E-state index contributed by atoms with van der Waals surface area (Å²) in [5.41, 5.74) is 3.24. The molecule has 0 aromatic heterocycles. The van der Waals surface area contributed by atoms with Crippen LogP contribution in [0.3, 0.4) is 0 Å². The minimum Gasteiger partial charge on any atom is -0.445 e. The Balaban J connectivity index is 1.58. The zero-order valence-electron chi connectivity index (χ0n) is 20.1. The average Bonchev–Trinajstić information content (AvgIpc) is 2.95. The number of ether oxygens (including phenoxy) is 1. The quantitative estimate of drug-likeness (QED) is 0.275. The van der Waals surface area contributed by atoms with Crippen LogP contribution in [-0.4, -0.2) is 17.8 Å². The maximum atomic E-state index is 13.5. The lowest BCUT2D eigenvalue weighted by Gasteiger charge is -2.20. The van der Waals surface area contributed by atoms with E-state index in [0.717, 1.165) is 11.1 Å². The number of carbonyl (C=O) groups excluding carboxylic acids is 3. The van der Waals surface area contributed by atoms with Crippen LogP contribution in [0.25, 0.3) is 6.08 Å². The zero-order valence-corrected chi connectivity index (χ0v) is 20.1. The van der Waals surface area contributed by atoms with E-state index < -0.39 is 18.0 Å².